The fraction of sp³-hybridized carbons (Fsp3) is 0.214. The van der Waals surface area contributed by atoms with Crippen molar-refractivity contribution in [2.24, 2.45) is 11.5 Å². The molecule has 1 aromatic heterocycles. The van der Waals surface area contributed by atoms with E-state index in [0.717, 1.165) is 0 Å². The summed E-state index contributed by atoms with van der Waals surface area (Å²) in [6, 6.07) is 12.5. The molecule has 1 heterocycles. The van der Waals surface area contributed by atoms with Crippen molar-refractivity contribution in [3.63, 3.8) is 0 Å². The monoisotopic (exact) mass is 529 g/mol. The summed E-state index contributed by atoms with van der Waals surface area (Å²) in [5.74, 6) is -0.217. The van der Waals surface area contributed by atoms with Crippen molar-refractivity contribution < 1.29 is 19.8 Å². The molecule has 9 N–H and O–H groups in total. The van der Waals surface area contributed by atoms with Crippen LogP contribution in [0.2, 0.25) is 0 Å². The molecule has 11 nitrogen and oxygen atoms in total. The highest BCUT2D eigenvalue weighted by Crippen LogP contribution is 2.44. The van der Waals surface area contributed by atoms with Gasteiger partial charge in [-0.1, -0.05) is 6.07 Å². The number of urea groups is 1. The molecule has 0 atom stereocenters. The molecule has 39 heavy (non-hydrogen) atoms. The van der Waals surface area contributed by atoms with Crippen molar-refractivity contribution in [3.05, 3.63) is 65.2 Å². The standard InChI is InChI=1S/C28H31N7O4/c1-28(2,26(38)35(3)4)16-11-18(17-9-14(5-8-22(17)36)13-32-27(31)39)23(37)19(12-16)25-33-20-7-6-15(24(29)30)10-21(20)34-25/h5-12,36-37H,13H2,1-4H3,(H3,29,30)(H,33,34)(H3,31,32,39). The highest BCUT2D eigenvalue weighted by atomic mass is 16.3. The van der Waals surface area contributed by atoms with Crippen molar-refractivity contribution in [1.29, 1.82) is 5.41 Å². The molecular weight excluding hydrogens is 498 g/mol. The number of nitrogens with one attached hydrogen (secondary N) is 3. The minimum atomic E-state index is -1.00. The summed E-state index contributed by atoms with van der Waals surface area (Å²) in [6.45, 7) is 3.67. The van der Waals surface area contributed by atoms with Crippen LogP contribution < -0.4 is 16.8 Å². The van der Waals surface area contributed by atoms with Crippen LogP contribution in [0.1, 0.15) is 30.5 Å². The molecule has 0 saturated carbocycles. The van der Waals surface area contributed by atoms with Gasteiger partial charge in [-0.3, -0.25) is 10.2 Å². The Labute approximate surface area is 225 Å². The fourth-order valence-electron chi connectivity index (χ4n) is 4.46. The lowest BCUT2D eigenvalue weighted by Gasteiger charge is -2.29. The molecule has 11 heteroatoms. The molecule has 0 fully saturated rings. The number of benzene rings is 3. The number of hydrogen-bond donors (Lipinski definition) is 7. The van der Waals surface area contributed by atoms with Gasteiger partial charge in [0.15, 0.2) is 0 Å². The number of H-pyrrole nitrogens is 1. The zero-order chi connectivity index (χ0) is 28.6. The lowest BCUT2D eigenvalue weighted by molar-refractivity contribution is -0.133. The number of aromatic nitrogens is 2. The zero-order valence-electron chi connectivity index (χ0n) is 22.1. The van der Waals surface area contributed by atoms with Gasteiger partial charge in [0.05, 0.1) is 22.0 Å². The van der Waals surface area contributed by atoms with Gasteiger partial charge in [0.25, 0.3) is 0 Å². The number of carbonyl (C=O) groups is 2. The van der Waals surface area contributed by atoms with Gasteiger partial charge in [-0.2, -0.15) is 0 Å². The highest BCUT2D eigenvalue weighted by Gasteiger charge is 2.33. The van der Waals surface area contributed by atoms with E-state index in [-0.39, 0.29) is 35.4 Å². The van der Waals surface area contributed by atoms with Crippen molar-refractivity contribution in [1.82, 2.24) is 20.2 Å². The molecule has 3 amide bonds. The summed E-state index contributed by atoms with van der Waals surface area (Å²) >= 11 is 0. The van der Waals surface area contributed by atoms with Crippen LogP contribution in [-0.4, -0.2) is 57.0 Å². The van der Waals surface area contributed by atoms with Crippen LogP contribution in [0.4, 0.5) is 4.79 Å². The minimum Gasteiger partial charge on any atom is -0.507 e. The number of primary amides is 1. The van der Waals surface area contributed by atoms with Gasteiger partial charge in [-0.25, -0.2) is 9.78 Å². The number of nitrogens with zero attached hydrogens (tertiary/aromatic N) is 2. The first-order valence-electron chi connectivity index (χ1n) is 12.1. The Morgan fingerprint density at radius 1 is 1.03 bits per heavy atom. The van der Waals surface area contributed by atoms with Crippen LogP contribution >= 0.6 is 0 Å². The van der Waals surface area contributed by atoms with Gasteiger partial charge in [0.2, 0.25) is 5.91 Å². The number of amidine groups is 1. The summed E-state index contributed by atoms with van der Waals surface area (Å²) < 4.78 is 0. The molecule has 4 aromatic rings. The summed E-state index contributed by atoms with van der Waals surface area (Å²) in [6.07, 6.45) is 0. The van der Waals surface area contributed by atoms with Crippen LogP contribution in [0.5, 0.6) is 11.5 Å². The second kappa shape index (κ2) is 10.0. The van der Waals surface area contributed by atoms with Crippen LogP contribution in [0.15, 0.2) is 48.5 Å². The number of nitrogen functional groups attached to an aromatic ring is 1. The largest absolute Gasteiger partial charge is 0.507 e. The summed E-state index contributed by atoms with van der Waals surface area (Å²) in [7, 11) is 3.33. The van der Waals surface area contributed by atoms with E-state index in [1.165, 1.54) is 11.0 Å². The number of rotatable bonds is 7. The topological polar surface area (TPSA) is 194 Å². The minimum absolute atomic E-state index is 0.0984. The maximum absolute atomic E-state index is 13.2. The first-order valence-corrected chi connectivity index (χ1v) is 12.1. The predicted octanol–water partition coefficient (Wildman–Crippen LogP) is 3.13. The number of likely N-dealkylation sites (N-methyl/N-ethyl adjacent to an activating group) is 1. The Balaban J connectivity index is 1.97. The smallest absolute Gasteiger partial charge is 0.312 e. The third-order valence-electron chi connectivity index (χ3n) is 6.64. The predicted molar refractivity (Wildman–Crippen MR) is 149 cm³/mol. The van der Waals surface area contributed by atoms with Gasteiger partial charge >= 0.3 is 6.03 Å². The van der Waals surface area contributed by atoms with Crippen LogP contribution in [0, 0.1) is 5.41 Å². The summed E-state index contributed by atoms with van der Waals surface area (Å²) in [5, 5.41) is 32.5. The van der Waals surface area contributed by atoms with Gasteiger partial charge in [-0.05, 0) is 67.4 Å². The Morgan fingerprint density at radius 2 is 1.72 bits per heavy atom. The van der Waals surface area contributed by atoms with Crippen LogP contribution in [0.25, 0.3) is 33.5 Å². The second-order valence-corrected chi connectivity index (χ2v) is 10.0. The van der Waals surface area contributed by atoms with E-state index in [4.69, 9.17) is 16.9 Å². The lowest BCUT2D eigenvalue weighted by Crippen LogP contribution is -2.39. The first kappa shape index (κ1) is 27.0. The van der Waals surface area contributed by atoms with Crippen LogP contribution in [-0.2, 0) is 16.8 Å². The van der Waals surface area contributed by atoms with E-state index in [1.807, 2.05) is 0 Å². The number of imidazole rings is 1. The number of phenolic OH excluding ortho intramolecular Hbond substituents is 2. The third-order valence-corrected chi connectivity index (χ3v) is 6.64. The lowest BCUT2D eigenvalue weighted by atomic mass is 9.80. The first-order chi connectivity index (χ1) is 18.3. The van der Waals surface area contributed by atoms with E-state index in [9.17, 15) is 19.8 Å². The Morgan fingerprint density at radius 3 is 2.36 bits per heavy atom. The average molecular weight is 530 g/mol. The Kier molecular flexibility index (Phi) is 6.93. The molecule has 0 aliphatic heterocycles. The van der Waals surface area contributed by atoms with Gasteiger partial charge in [0.1, 0.15) is 23.2 Å². The molecule has 0 bridgehead atoms. The average Bonchev–Trinajstić information content (AvgIpc) is 3.31. The quantitative estimate of drug-likeness (QED) is 0.142. The number of aromatic hydroxyl groups is 2. The number of nitrogens with two attached hydrogens (primary N) is 2. The van der Waals surface area contributed by atoms with E-state index < -0.39 is 11.4 Å². The number of fused-ring (bicyclic) bond motifs is 1. The summed E-state index contributed by atoms with van der Waals surface area (Å²) in [5.41, 5.74) is 13.6. The fourth-order valence-corrected chi connectivity index (χ4v) is 4.46. The molecule has 0 aliphatic carbocycles. The molecule has 0 saturated heterocycles. The van der Waals surface area contributed by atoms with E-state index in [2.05, 4.69) is 15.3 Å². The number of amides is 3. The molecule has 4 rings (SSSR count). The normalized spacial score (nSPS) is 11.4. The SMILES string of the molecule is CN(C)C(=O)C(C)(C)c1cc(-c2nc3cc(C(=N)N)ccc3[nH]2)c(O)c(-c2cc(CNC(N)=O)ccc2O)c1. The number of hydrogen-bond acceptors (Lipinski definition) is 6. The maximum Gasteiger partial charge on any atom is 0.312 e. The molecular formula is C28H31N7O4. The third kappa shape index (κ3) is 5.19. The molecule has 0 spiro atoms. The molecule has 202 valence electrons. The summed E-state index contributed by atoms with van der Waals surface area (Å²) in [4.78, 5) is 33.7. The maximum atomic E-state index is 13.2. The molecule has 0 unspecified atom stereocenters. The van der Waals surface area contributed by atoms with Crippen molar-refractivity contribution in [2.75, 3.05) is 14.1 Å². The number of carbonyl (C=O) groups excluding carboxylic acids is 2. The van der Waals surface area contributed by atoms with Crippen LogP contribution in [0.3, 0.4) is 0 Å². The van der Waals surface area contributed by atoms with E-state index >= 15 is 0 Å². The van der Waals surface area contributed by atoms with E-state index in [0.29, 0.717) is 44.7 Å². The zero-order valence-corrected chi connectivity index (χ0v) is 22.1. The Bertz CT molecular complexity index is 1620. The van der Waals surface area contributed by atoms with E-state index in [1.54, 1.807) is 70.4 Å². The second-order valence-electron chi connectivity index (χ2n) is 10.0. The molecule has 0 radical (unpaired) electrons. The highest BCUT2D eigenvalue weighted by molar-refractivity contribution is 5.98. The Hall–Kier alpha value is -5.06. The van der Waals surface area contributed by atoms with Crippen molar-refractivity contribution >= 4 is 28.8 Å². The number of aromatic amines is 1. The molecule has 3 aromatic carbocycles. The van der Waals surface area contributed by atoms with Gasteiger partial charge < -0.3 is 36.9 Å². The van der Waals surface area contributed by atoms with Crippen molar-refractivity contribution in [3.8, 4) is 34.0 Å². The van der Waals surface area contributed by atoms with Gasteiger partial charge in [0, 0.05) is 37.3 Å². The van der Waals surface area contributed by atoms with Crippen molar-refractivity contribution in [2.45, 2.75) is 25.8 Å². The molecule has 0 aliphatic rings. The number of phenols is 2. The van der Waals surface area contributed by atoms with Gasteiger partial charge in [-0.15, -0.1) is 0 Å².